The fourth-order valence-electron chi connectivity index (χ4n) is 2.65. The minimum absolute atomic E-state index is 0.0270. The molecule has 1 N–H and O–H groups in total. The molecule has 2 heterocycles. The van der Waals surface area contributed by atoms with Crippen LogP contribution in [-0.4, -0.2) is 84.3 Å². The van der Waals surface area contributed by atoms with Gasteiger partial charge < -0.3 is 15.1 Å². The first-order chi connectivity index (χ1) is 9.56. The van der Waals surface area contributed by atoms with Crippen LogP contribution in [0, 0.1) is 0 Å². The maximum atomic E-state index is 12.2. The van der Waals surface area contributed by atoms with Gasteiger partial charge in [-0.3, -0.25) is 19.3 Å². The summed E-state index contributed by atoms with van der Waals surface area (Å²) < 4.78 is 0. The van der Waals surface area contributed by atoms with Crippen LogP contribution in [0.15, 0.2) is 0 Å². The molecule has 3 amide bonds. The summed E-state index contributed by atoms with van der Waals surface area (Å²) in [5.74, 6) is -0.199. The molecule has 7 nitrogen and oxygen atoms in total. The van der Waals surface area contributed by atoms with Gasteiger partial charge in [0.25, 0.3) is 0 Å². The van der Waals surface area contributed by atoms with Crippen LogP contribution in [-0.2, 0) is 14.4 Å². The molecule has 1 unspecified atom stereocenters. The van der Waals surface area contributed by atoms with Crippen molar-refractivity contribution in [1.29, 1.82) is 0 Å². The summed E-state index contributed by atoms with van der Waals surface area (Å²) in [7, 11) is 0. The zero-order valence-electron chi connectivity index (χ0n) is 12.1. The Morgan fingerprint density at radius 1 is 1.30 bits per heavy atom. The van der Waals surface area contributed by atoms with E-state index in [-0.39, 0.29) is 24.3 Å². The second kappa shape index (κ2) is 6.21. The van der Waals surface area contributed by atoms with E-state index in [4.69, 9.17) is 0 Å². The number of hydrogen-bond donors (Lipinski definition) is 1. The Bertz CT molecular complexity index is 408. The highest BCUT2D eigenvalue weighted by molar-refractivity contribution is 5.95. The Morgan fingerprint density at radius 3 is 2.65 bits per heavy atom. The van der Waals surface area contributed by atoms with Gasteiger partial charge in [-0.2, -0.15) is 0 Å². The molecule has 2 saturated heterocycles. The highest BCUT2D eigenvalue weighted by Gasteiger charge is 2.39. The van der Waals surface area contributed by atoms with Gasteiger partial charge >= 0.3 is 0 Å². The van der Waals surface area contributed by atoms with Crippen LogP contribution in [0.1, 0.15) is 13.8 Å². The Morgan fingerprint density at radius 2 is 2.00 bits per heavy atom. The number of piperazine rings is 2. The van der Waals surface area contributed by atoms with E-state index in [0.29, 0.717) is 26.2 Å². The molecule has 0 aromatic rings. The number of rotatable bonds is 4. The minimum Gasteiger partial charge on any atom is -0.345 e. The second-order valence-electron chi connectivity index (χ2n) is 5.12. The molecule has 2 fully saturated rings. The number of amides is 3. The van der Waals surface area contributed by atoms with Crippen LogP contribution in [0.4, 0.5) is 0 Å². The number of fused-ring (bicyclic) bond motifs is 1. The molecule has 7 heteroatoms. The van der Waals surface area contributed by atoms with E-state index in [1.54, 1.807) is 9.80 Å². The topological polar surface area (TPSA) is 73.0 Å². The Labute approximate surface area is 118 Å². The molecular weight excluding hydrogens is 260 g/mol. The molecular formula is C13H22N4O3. The van der Waals surface area contributed by atoms with Crippen molar-refractivity contribution in [3.05, 3.63) is 0 Å². The maximum Gasteiger partial charge on any atom is 0.245 e. The van der Waals surface area contributed by atoms with Crippen molar-refractivity contribution in [2.45, 2.75) is 19.9 Å². The van der Waals surface area contributed by atoms with E-state index in [0.717, 1.165) is 13.1 Å². The molecule has 2 aliphatic heterocycles. The summed E-state index contributed by atoms with van der Waals surface area (Å²) in [4.78, 5) is 41.1. The van der Waals surface area contributed by atoms with E-state index in [1.807, 2.05) is 18.7 Å². The summed E-state index contributed by atoms with van der Waals surface area (Å²) in [5.41, 5.74) is 0. The fourth-order valence-corrected chi connectivity index (χ4v) is 2.65. The molecule has 0 radical (unpaired) electrons. The van der Waals surface area contributed by atoms with Gasteiger partial charge in [0, 0.05) is 13.1 Å². The summed E-state index contributed by atoms with van der Waals surface area (Å²) >= 11 is 0. The molecule has 1 atom stereocenters. The highest BCUT2D eigenvalue weighted by atomic mass is 16.2. The molecule has 0 aromatic heterocycles. The number of nitrogens with one attached hydrogen (secondary N) is 1. The molecule has 20 heavy (non-hydrogen) atoms. The van der Waals surface area contributed by atoms with Crippen LogP contribution < -0.4 is 5.32 Å². The quantitative estimate of drug-likeness (QED) is 0.681. The lowest BCUT2D eigenvalue weighted by Crippen LogP contribution is -2.67. The van der Waals surface area contributed by atoms with Crippen molar-refractivity contribution < 1.29 is 14.4 Å². The zero-order chi connectivity index (χ0) is 14.7. The van der Waals surface area contributed by atoms with E-state index in [9.17, 15) is 14.4 Å². The van der Waals surface area contributed by atoms with Gasteiger partial charge in [-0.05, 0) is 13.1 Å². The van der Waals surface area contributed by atoms with Gasteiger partial charge in [-0.25, -0.2) is 0 Å². The van der Waals surface area contributed by atoms with Gasteiger partial charge in [0.15, 0.2) is 0 Å². The van der Waals surface area contributed by atoms with E-state index >= 15 is 0 Å². The molecule has 0 spiro atoms. The van der Waals surface area contributed by atoms with Crippen LogP contribution in [0.25, 0.3) is 0 Å². The first kappa shape index (κ1) is 14.8. The Hall–Kier alpha value is -1.63. The lowest BCUT2D eigenvalue weighted by molar-refractivity contribution is -0.152. The lowest BCUT2D eigenvalue weighted by atomic mass is 10.1. The summed E-state index contributed by atoms with van der Waals surface area (Å²) in [6.07, 6.45) is 0. The average Bonchev–Trinajstić information content (AvgIpc) is 2.48. The van der Waals surface area contributed by atoms with Crippen LogP contribution >= 0.6 is 0 Å². The Kier molecular flexibility index (Phi) is 4.59. The number of carbonyl (C=O) groups is 3. The van der Waals surface area contributed by atoms with Crippen molar-refractivity contribution in [1.82, 2.24) is 20.0 Å². The maximum absolute atomic E-state index is 12.2. The van der Waals surface area contributed by atoms with Crippen LogP contribution in [0.5, 0.6) is 0 Å². The predicted molar refractivity (Wildman–Crippen MR) is 72.9 cm³/mol. The molecule has 2 rings (SSSR count). The largest absolute Gasteiger partial charge is 0.345 e. The van der Waals surface area contributed by atoms with Crippen molar-refractivity contribution >= 4 is 17.7 Å². The first-order valence-electron chi connectivity index (χ1n) is 7.14. The molecule has 0 bridgehead atoms. The zero-order valence-corrected chi connectivity index (χ0v) is 12.1. The van der Waals surface area contributed by atoms with Gasteiger partial charge in [-0.1, -0.05) is 13.8 Å². The second-order valence-corrected chi connectivity index (χ2v) is 5.12. The van der Waals surface area contributed by atoms with Gasteiger partial charge in [0.2, 0.25) is 17.7 Å². The number of nitrogens with zero attached hydrogens (tertiary/aromatic N) is 3. The molecule has 0 aliphatic carbocycles. The van der Waals surface area contributed by atoms with Crippen molar-refractivity contribution in [2.24, 2.45) is 0 Å². The standard InChI is InChI=1S/C13H22N4O3/c1-3-15(4-2)9-12(19)16-5-6-17-10(8-16)13(20)14-7-11(17)18/h10H,3-9H2,1-2H3,(H,14,20). The van der Waals surface area contributed by atoms with E-state index in [2.05, 4.69) is 5.32 Å². The first-order valence-corrected chi connectivity index (χ1v) is 7.14. The lowest BCUT2D eigenvalue weighted by Gasteiger charge is -2.43. The third kappa shape index (κ3) is 2.92. The van der Waals surface area contributed by atoms with Crippen LogP contribution in [0.2, 0.25) is 0 Å². The van der Waals surface area contributed by atoms with E-state index in [1.165, 1.54) is 0 Å². The number of likely N-dealkylation sites (N-methyl/N-ethyl adjacent to an activating group) is 1. The molecule has 0 aromatic carbocycles. The summed E-state index contributed by atoms with van der Waals surface area (Å²) in [6, 6.07) is -0.523. The SMILES string of the molecule is CCN(CC)CC(=O)N1CCN2C(=O)CNC(=O)C2C1. The van der Waals surface area contributed by atoms with Gasteiger partial charge in [-0.15, -0.1) is 0 Å². The average molecular weight is 282 g/mol. The summed E-state index contributed by atoms with van der Waals surface area (Å²) in [5, 5.41) is 2.58. The smallest absolute Gasteiger partial charge is 0.245 e. The molecule has 112 valence electrons. The molecule has 0 saturated carbocycles. The number of carbonyl (C=O) groups excluding carboxylic acids is 3. The normalized spacial score (nSPS) is 22.9. The fraction of sp³-hybridized carbons (Fsp3) is 0.769. The van der Waals surface area contributed by atoms with Crippen molar-refractivity contribution in [3.63, 3.8) is 0 Å². The molecule has 2 aliphatic rings. The van der Waals surface area contributed by atoms with Crippen molar-refractivity contribution in [2.75, 3.05) is 45.8 Å². The number of hydrogen-bond acceptors (Lipinski definition) is 4. The predicted octanol–water partition coefficient (Wildman–Crippen LogP) is -1.50. The third-order valence-corrected chi connectivity index (χ3v) is 4.02. The van der Waals surface area contributed by atoms with Gasteiger partial charge in [0.05, 0.1) is 19.6 Å². The summed E-state index contributed by atoms with van der Waals surface area (Å²) in [6.45, 7) is 7.38. The monoisotopic (exact) mass is 282 g/mol. The van der Waals surface area contributed by atoms with Crippen LogP contribution in [0.3, 0.4) is 0 Å². The van der Waals surface area contributed by atoms with Crippen molar-refractivity contribution in [3.8, 4) is 0 Å². The minimum atomic E-state index is -0.523. The third-order valence-electron chi connectivity index (χ3n) is 4.02. The Balaban J connectivity index is 1.97. The highest BCUT2D eigenvalue weighted by Crippen LogP contribution is 2.13. The van der Waals surface area contributed by atoms with E-state index < -0.39 is 6.04 Å². The van der Waals surface area contributed by atoms with Gasteiger partial charge in [0.1, 0.15) is 6.04 Å².